The Kier molecular flexibility index (Phi) is 4.69. The molecule has 2 aliphatic heterocycles. The van der Waals surface area contributed by atoms with Crippen molar-refractivity contribution in [3.05, 3.63) is 106 Å². The predicted molar refractivity (Wildman–Crippen MR) is 128 cm³/mol. The van der Waals surface area contributed by atoms with Gasteiger partial charge >= 0.3 is 0 Å². The maximum Gasteiger partial charge on any atom is 0.226 e. The van der Waals surface area contributed by atoms with Crippen molar-refractivity contribution in [3.63, 3.8) is 0 Å². The molecule has 2 aromatic carbocycles. The highest BCUT2D eigenvalue weighted by molar-refractivity contribution is 6.30. The summed E-state index contributed by atoms with van der Waals surface area (Å²) in [5, 5.41) is 8.69. The van der Waals surface area contributed by atoms with Gasteiger partial charge in [0.1, 0.15) is 24.2 Å². The molecule has 2 aromatic heterocycles. The van der Waals surface area contributed by atoms with E-state index in [4.69, 9.17) is 16.3 Å². The first kappa shape index (κ1) is 20.0. The van der Waals surface area contributed by atoms with Crippen molar-refractivity contribution < 1.29 is 4.74 Å². The molecule has 0 aliphatic carbocycles. The largest absolute Gasteiger partial charge is 0.480 e. The molecular weight excluding hydrogens is 434 g/mol. The first-order valence-corrected chi connectivity index (χ1v) is 11.3. The Balaban J connectivity index is 1.59. The molecular formula is C26H22ClN5O. The fourth-order valence-electron chi connectivity index (χ4n) is 4.63. The van der Waals surface area contributed by atoms with Crippen molar-refractivity contribution in [3.8, 4) is 5.75 Å². The van der Waals surface area contributed by atoms with Crippen LogP contribution >= 0.6 is 11.6 Å². The number of ether oxygens (including phenoxy) is 1. The molecule has 0 spiro atoms. The molecule has 0 saturated heterocycles. The molecule has 2 atom stereocenters. The summed E-state index contributed by atoms with van der Waals surface area (Å²) in [6.45, 7) is 4.39. The van der Waals surface area contributed by atoms with Crippen LogP contribution in [-0.2, 0) is 0 Å². The number of rotatable bonds is 3. The highest BCUT2D eigenvalue weighted by Gasteiger charge is 2.41. The van der Waals surface area contributed by atoms with Gasteiger partial charge in [0.2, 0.25) is 5.95 Å². The van der Waals surface area contributed by atoms with Crippen LogP contribution in [0.3, 0.4) is 0 Å². The molecule has 0 saturated carbocycles. The average Bonchev–Trinajstić information content (AvgIpc) is 3.31. The molecule has 4 aromatic rings. The van der Waals surface area contributed by atoms with Crippen LogP contribution in [-0.4, -0.2) is 19.7 Å². The van der Waals surface area contributed by atoms with Crippen LogP contribution in [0.15, 0.2) is 78.9 Å². The standard InChI is InChI=1S/C26H22ClN5O/c1-15(2)16-5-7-17(8-6-16)25-22-23(20-12-19(27)9-10-21(20)33-25)31-26-29-14-30-32(26)24(22)18-4-3-11-28-13-18/h3-15,24-25H,1-2H3,(H,29,30,31)/t24-,25-/m0/s1. The molecule has 2 aliphatic rings. The minimum Gasteiger partial charge on any atom is -0.480 e. The first-order chi connectivity index (χ1) is 16.1. The van der Waals surface area contributed by atoms with Gasteiger partial charge in [-0.2, -0.15) is 10.1 Å². The number of fused-ring (bicyclic) bond motifs is 3. The second kappa shape index (κ2) is 7.74. The first-order valence-electron chi connectivity index (χ1n) is 11.0. The summed E-state index contributed by atoms with van der Waals surface area (Å²) in [5.41, 5.74) is 6.29. The molecule has 1 N–H and O–H groups in total. The maximum absolute atomic E-state index is 6.65. The van der Waals surface area contributed by atoms with Gasteiger partial charge in [-0.05, 0) is 46.9 Å². The highest BCUT2D eigenvalue weighted by Crippen LogP contribution is 2.50. The molecule has 33 heavy (non-hydrogen) atoms. The summed E-state index contributed by atoms with van der Waals surface area (Å²) >= 11 is 6.39. The number of hydrogen-bond acceptors (Lipinski definition) is 5. The van der Waals surface area contributed by atoms with Crippen LogP contribution in [0.5, 0.6) is 5.75 Å². The normalized spacial score (nSPS) is 18.8. The minimum absolute atomic E-state index is 0.227. The third-order valence-corrected chi connectivity index (χ3v) is 6.52. The van der Waals surface area contributed by atoms with E-state index in [9.17, 15) is 0 Å². The van der Waals surface area contributed by atoms with Gasteiger partial charge in [-0.15, -0.1) is 0 Å². The molecule has 0 unspecified atom stereocenters. The molecule has 0 radical (unpaired) electrons. The van der Waals surface area contributed by atoms with Gasteiger partial charge < -0.3 is 10.1 Å². The summed E-state index contributed by atoms with van der Waals surface area (Å²) in [6, 6.07) is 18.2. The third-order valence-electron chi connectivity index (χ3n) is 6.28. The van der Waals surface area contributed by atoms with Crippen molar-refractivity contribution >= 4 is 23.2 Å². The number of anilines is 1. The minimum atomic E-state index is -0.315. The Labute approximate surface area is 196 Å². The quantitative estimate of drug-likeness (QED) is 0.410. The monoisotopic (exact) mass is 455 g/mol. The second-order valence-corrected chi connectivity index (χ2v) is 9.07. The van der Waals surface area contributed by atoms with E-state index in [1.165, 1.54) is 5.56 Å². The second-order valence-electron chi connectivity index (χ2n) is 8.63. The molecule has 0 bridgehead atoms. The Morgan fingerprint density at radius 2 is 1.91 bits per heavy atom. The lowest BCUT2D eigenvalue weighted by molar-refractivity contribution is 0.223. The van der Waals surface area contributed by atoms with E-state index in [0.29, 0.717) is 16.9 Å². The molecule has 7 heteroatoms. The van der Waals surface area contributed by atoms with Gasteiger partial charge in [-0.25, -0.2) is 4.68 Å². The molecule has 6 rings (SSSR count). The average molecular weight is 456 g/mol. The number of nitrogens with one attached hydrogen (secondary N) is 1. The summed E-state index contributed by atoms with van der Waals surface area (Å²) in [5.74, 6) is 1.91. The van der Waals surface area contributed by atoms with E-state index in [1.54, 1.807) is 12.5 Å². The Morgan fingerprint density at radius 3 is 2.67 bits per heavy atom. The zero-order valence-electron chi connectivity index (χ0n) is 18.2. The van der Waals surface area contributed by atoms with Crippen LogP contribution in [0.4, 0.5) is 5.95 Å². The smallest absolute Gasteiger partial charge is 0.226 e. The third kappa shape index (κ3) is 3.29. The predicted octanol–water partition coefficient (Wildman–Crippen LogP) is 6.01. The molecule has 164 valence electrons. The summed E-state index contributed by atoms with van der Waals surface area (Å²) in [7, 11) is 0. The van der Waals surface area contributed by atoms with Gasteiger partial charge in [-0.3, -0.25) is 4.98 Å². The zero-order chi connectivity index (χ0) is 22.5. The molecule has 0 amide bonds. The van der Waals surface area contributed by atoms with Crippen LogP contribution < -0.4 is 10.1 Å². The van der Waals surface area contributed by atoms with Crippen LogP contribution in [0.2, 0.25) is 5.02 Å². The van der Waals surface area contributed by atoms with E-state index in [2.05, 4.69) is 64.6 Å². The van der Waals surface area contributed by atoms with E-state index in [1.807, 2.05) is 35.1 Å². The SMILES string of the molecule is CC(C)c1ccc([C@@H]2Oc3ccc(Cl)cc3C3=C2[C@H](c2cccnc2)n2ncnc2N3)cc1. The zero-order valence-corrected chi connectivity index (χ0v) is 19.0. The topological polar surface area (TPSA) is 64.9 Å². The van der Waals surface area contributed by atoms with Crippen LogP contribution in [0.25, 0.3) is 5.70 Å². The fraction of sp³-hybridized carbons (Fsp3) is 0.192. The van der Waals surface area contributed by atoms with Gasteiger partial charge in [0, 0.05) is 28.6 Å². The summed E-state index contributed by atoms with van der Waals surface area (Å²) in [6.07, 6.45) is 4.90. The number of benzene rings is 2. The van der Waals surface area contributed by atoms with E-state index < -0.39 is 0 Å². The van der Waals surface area contributed by atoms with E-state index >= 15 is 0 Å². The van der Waals surface area contributed by atoms with Crippen molar-refractivity contribution in [2.24, 2.45) is 0 Å². The Hall–Kier alpha value is -3.64. The number of nitrogens with zero attached hydrogens (tertiary/aromatic N) is 4. The van der Waals surface area contributed by atoms with Crippen molar-refractivity contribution in [2.45, 2.75) is 31.9 Å². The molecule has 0 fully saturated rings. The lowest BCUT2D eigenvalue weighted by Crippen LogP contribution is -2.32. The van der Waals surface area contributed by atoms with Gasteiger partial charge in [0.25, 0.3) is 0 Å². The molecule has 4 heterocycles. The van der Waals surface area contributed by atoms with E-state index in [0.717, 1.165) is 33.7 Å². The fourth-order valence-corrected chi connectivity index (χ4v) is 4.80. The number of pyridine rings is 1. The van der Waals surface area contributed by atoms with Crippen LogP contribution in [0.1, 0.15) is 54.2 Å². The Morgan fingerprint density at radius 1 is 1.06 bits per heavy atom. The van der Waals surface area contributed by atoms with Crippen molar-refractivity contribution in [2.75, 3.05) is 5.32 Å². The lowest BCUT2D eigenvalue weighted by Gasteiger charge is -2.39. The number of halogens is 1. The van der Waals surface area contributed by atoms with E-state index in [-0.39, 0.29) is 12.1 Å². The van der Waals surface area contributed by atoms with Crippen molar-refractivity contribution in [1.82, 2.24) is 19.7 Å². The van der Waals surface area contributed by atoms with Gasteiger partial charge in [0.15, 0.2) is 0 Å². The highest BCUT2D eigenvalue weighted by atomic mass is 35.5. The van der Waals surface area contributed by atoms with Crippen LogP contribution in [0, 0.1) is 0 Å². The summed E-state index contributed by atoms with van der Waals surface area (Å²) in [4.78, 5) is 8.84. The number of aromatic nitrogens is 4. The van der Waals surface area contributed by atoms with Crippen molar-refractivity contribution in [1.29, 1.82) is 0 Å². The summed E-state index contributed by atoms with van der Waals surface area (Å²) < 4.78 is 8.54. The van der Waals surface area contributed by atoms with Gasteiger partial charge in [0.05, 0.1) is 5.70 Å². The Bertz CT molecular complexity index is 1360. The van der Waals surface area contributed by atoms with Gasteiger partial charge in [-0.1, -0.05) is 55.8 Å². The lowest BCUT2D eigenvalue weighted by atomic mass is 9.84. The molecule has 6 nitrogen and oxygen atoms in total. The number of hydrogen-bond donors (Lipinski definition) is 1. The maximum atomic E-state index is 6.65.